The molecule has 6 nitrogen and oxygen atoms in total. The Labute approximate surface area is 167 Å². The molecule has 1 aliphatic rings. The summed E-state index contributed by atoms with van der Waals surface area (Å²) in [5.74, 6) is -0.554. The van der Waals surface area contributed by atoms with Gasteiger partial charge in [0.1, 0.15) is 11.5 Å². The molecule has 4 rings (SSSR count). The summed E-state index contributed by atoms with van der Waals surface area (Å²) < 4.78 is 0. The molecule has 0 saturated heterocycles. The van der Waals surface area contributed by atoms with Crippen LogP contribution in [0.15, 0.2) is 47.3 Å². The predicted octanol–water partition coefficient (Wildman–Crippen LogP) is 4.73. The maximum absolute atomic E-state index is 12.3. The number of hydrogen-bond donors (Lipinski definition) is 3. The Balaban J connectivity index is 1.64. The van der Waals surface area contributed by atoms with E-state index in [0.29, 0.717) is 22.5 Å². The standard InChI is InChI=1S/C23H22N2O4/c26-21(16-8-6-15(7-9-16)14-4-2-1-3-5-14)13-20-22(27)25-18-11-10-17(23(28)29)12-19(18)24-20/h6-14,26H,1-5H2,(H,25,27)(H,28,29). The van der Waals surface area contributed by atoms with E-state index >= 15 is 0 Å². The number of benzene rings is 2. The first kappa shape index (κ1) is 18.9. The molecule has 1 heterocycles. The highest BCUT2D eigenvalue weighted by molar-refractivity contribution is 5.92. The van der Waals surface area contributed by atoms with Crippen LogP contribution in [0.4, 0.5) is 0 Å². The summed E-state index contributed by atoms with van der Waals surface area (Å²) in [6.07, 6.45) is 7.54. The molecule has 1 aliphatic carbocycles. The fraction of sp³-hybridized carbons (Fsp3) is 0.261. The summed E-state index contributed by atoms with van der Waals surface area (Å²) in [5, 5.41) is 19.6. The summed E-state index contributed by atoms with van der Waals surface area (Å²) in [6, 6.07) is 12.1. The van der Waals surface area contributed by atoms with Crippen LogP contribution >= 0.6 is 0 Å². The van der Waals surface area contributed by atoms with E-state index in [1.807, 2.05) is 24.3 Å². The molecule has 0 unspecified atom stereocenters. The maximum atomic E-state index is 12.3. The number of nitrogens with one attached hydrogen (secondary N) is 1. The number of rotatable bonds is 4. The molecule has 148 valence electrons. The fourth-order valence-corrected chi connectivity index (χ4v) is 3.90. The Morgan fingerprint density at radius 3 is 2.38 bits per heavy atom. The molecule has 0 atom stereocenters. The third-order valence-electron chi connectivity index (χ3n) is 5.52. The van der Waals surface area contributed by atoms with Gasteiger partial charge in [0, 0.05) is 11.6 Å². The van der Waals surface area contributed by atoms with Crippen LogP contribution in [0, 0.1) is 0 Å². The Hall–Kier alpha value is -3.41. The van der Waals surface area contributed by atoms with E-state index in [9.17, 15) is 14.7 Å². The third-order valence-corrected chi connectivity index (χ3v) is 5.52. The van der Waals surface area contributed by atoms with Gasteiger partial charge in [-0.15, -0.1) is 0 Å². The number of aromatic amines is 1. The fourth-order valence-electron chi connectivity index (χ4n) is 3.90. The van der Waals surface area contributed by atoms with Gasteiger partial charge in [-0.1, -0.05) is 43.5 Å². The van der Waals surface area contributed by atoms with Gasteiger partial charge in [-0.3, -0.25) is 4.79 Å². The van der Waals surface area contributed by atoms with Crippen molar-refractivity contribution in [3.05, 3.63) is 75.2 Å². The van der Waals surface area contributed by atoms with Crippen molar-refractivity contribution >= 4 is 28.8 Å². The highest BCUT2D eigenvalue weighted by Crippen LogP contribution is 2.33. The molecule has 1 saturated carbocycles. The number of nitrogens with zero attached hydrogens (tertiary/aromatic N) is 1. The number of carboxylic acids is 1. The van der Waals surface area contributed by atoms with E-state index in [4.69, 9.17) is 5.11 Å². The maximum Gasteiger partial charge on any atom is 0.335 e. The molecule has 0 radical (unpaired) electrons. The van der Waals surface area contributed by atoms with Gasteiger partial charge >= 0.3 is 5.97 Å². The molecule has 0 spiro atoms. The predicted molar refractivity (Wildman–Crippen MR) is 112 cm³/mol. The Bertz CT molecular complexity index is 1140. The van der Waals surface area contributed by atoms with Crippen LogP contribution in [-0.2, 0) is 0 Å². The summed E-state index contributed by atoms with van der Waals surface area (Å²) in [5.41, 5.74) is 2.31. The van der Waals surface area contributed by atoms with Crippen molar-refractivity contribution in [1.82, 2.24) is 9.97 Å². The first-order valence-corrected chi connectivity index (χ1v) is 9.79. The molecule has 2 aromatic carbocycles. The van der Waals surface area contributed by atoms with Crippen molar-refractivity contribution in [3.8, 4) is 0 Å². The summed E-state index contributed by atoms with van der Waals surface area (Å²) >= 11 is 0. The Kier molecular flexibility index (Phi) is 5.16. The minimum Gasteiger partial charge on any atom is -0.507 e. The number of aliphatic hydroxyl groups is 1. The quantitative estimate of drug-likeness (QED) is 0.559. The highest BCUT2D eigenvalue weighted by Gasteiger charge is 2.15. The number of carbonyl (C=O) groups is 1. The van der Waals surface area contributed by atoms with Gasteiger partial charge in [0.15, 0.2) is 0 Å². The molecule has 0 bridgehead atoms. The van der Waals surface area contributed by atoms with Crippen LogP contribution in [-0.4, -0.2) is 26.2 Å². The van der Waals surface area contributed by atoms with Crippen LogP contribution in [0.3, 0.4) is 0 Å². The lowest BCUT2D eigenvalue weighted by atomic mass is 9.84. The second-order valence-electron chi connectivity index (χ2n) is 7.47. The van der Waals surface area contributed by atoms with Crippen molar-refractivity contribution in [3.63, 3.8) is 0 Å². The molecule has 1 fully saturated rings. The van der Waals surface area contributed by atoms with Gasteiger partial charge in [0.2, 0.25) is 0 Å². The summed E-state index contributed by atoms with van der Waals surface area (Å²) in [4.78, 5) is 30.3. The van der Waals surface area contributed by atoms with E-state index in [0.717, 1.165) is 0 Å². The summed E-state index contributed by atoms with van der Waals surface area (Å²) in [7, 11) is 0. The van der Waals surface area contributed by atoms with Gasteiger partial charge in [-0.25, -0.2) is 9.78 Å². The zero-order valence-electron chi connectivity index (χ0n) is 15.9. The second kappa shape index (κ2) is 7.91. The van der Waals surface area contributed by atoms with Gasteiger partial charge in [-0.05, 0) is 42.5 Å². The molecule has 29 heavy (non-hydrogen) atoms. The van der Waals surface area contributed by atoms with E-state index in [1.54, 1.807) is 0 Å². The van der Waals surface area contributed by atoms with Crippen LogP contribution in [0.5, 0.6) is 0 Å². The van der Waals surface area contributed by atoms with E-state index in [1.165, 1.54) is 61.9 Å². The molecule has 1 aromatic heterocycles. The molecule has 0 aliphatic heterocycles. The lowest BCUT2D eigenvalue weighted by Gasteiger charge is -2.22. The highest BCUT2D eigenvalue weighted by atomic mass is 16.4. The lowest BCUT2D eigenvalue weighted by molar-refractivity contribution is 0.0697. The van der Waals surface area contributed by atoms with Crippen LogP contribution in [0.2, 0.25) is 0 Å². The largest absolute Gasteiger partial charge is 0.507 e. The number of fused-ring (bicyclic) bond motifs is 1. The number of aliphatic hydroxyl groups excluding tert-OH is 1. The lowest BCUT2D eigenvalue weighted by Crippen LogP contribution is -2.12. The number of H-pyrrole nitrogens is 1. The first-order chi connectivity index (χ1) is 14.0. The molecular weight excluding hydrogens is 368 g/mol. The van der Waals surface area contributed by atoms with Gasteiger partial charge in [0.25, 0.3) is 5.56 Å². The molecule has 3 aromatic rings. The van der Waals surface area contributed by atoms with Crippen molar-refractivity contribution in [2.75, 3.05) is 0 Å². The van der Waals surface area contributed by atoms with Gasteiger partial charge < -0.3 is 15.2 Å². The zero-order chi connectivity index (χ0) is 20.4. The average Bonchev–Trinajstić information content (AvgIpc) is 2.74. The zero-order valence-corrected chi connectivity index (χ0v) is 15.9. The number of aromatic nitrogens is 2. The minimum absolute atomic E-state index is 0.0221. The molecular formula is C23H22N2O4. The molecule has 0 amide bonds. The SMILES string of the molecule is O=C(O)c1ccc2[nH]c(=O)c(C=C(O)c3ccc(C4CCCCC4)cc3)nc2c1. The number of hydrogen-bond acceptors (Lipinski definition) is 4. The van der Waals surface area contributed by atoms with Crippen LogP contribution in [0.25, 0.3) is 22.9 Å². The van der Waals surface area contributed by atoms with Crippen LogP contribution < -0.4 is 5.56 Å². The van der Waals surface area contributed by atoms with E-state index < -0.39 is 11.5 Å². The van der Waals surface area contributed by atoms with E-state index in [-0.39, 0.29) is 17.0 Å². The monoisotopic (exact) mass is 390 g/mol. The third kappa shape index (κ3) is 4.06. The van der Waals surface area contributed by atoms with E-state index in [2.05, 4.69) is 9.97 Å². The Morgan fingerprint density at radius 2 is 1.69 bits per heavy atom. The van der Waals surface area contributed by atoms with Crippen LogP contribution in [0.1, 0.15) is 65.2 Å². The topological polar surface area (TPSA) is 103 Å². The average molecular weight is 390 g/mol. The smallest absolute Gasteiger partial charge is 0.335 e. The molecule has 6 heteroatoms. The van der Waals surface area contributed by atoms with Crippen molar-refractivity contribution < 1.29 is 15.0 Å². The number of aromatic carboxylic acids is 1. The normalized spacial score (nSPS) is 15.5. The Morgan fingerprint density at radius 1 is 1.00 bits per heavy atom. The minimum atomic E-state index is -1.07. The molecule has 3 N–H and O–H groups in total. The van der Waals surface area contributed by atoms with Crippen molar-refractivity contribution in [2.45, 2.75) is 38.0 Å². The summed E-state index contributed by atoms with van der Waals surface area (Å²) in [6.45, 7) is 0. The van der Waals surface area contributed by atoms with Gasteiger partial charge in [-0.2, -0.15) is 0 Å². The van der Waals surface area contributed by atoms with Crippen molar-refractivity contribution in [2.24, 2.45) is 0 Å². The first-order valence-electron chi connectivity index (χ1n) is 9.79. The van der Waals surface area contributed by atoms with Gasteiger partial charge in [0.05, 0.1) is 16.6 Å². The van der Waals surface area contributed by atoms with Crippen molar-refractivity contribution in [1.29, 1.82) is 0 Å². The second-order valence-corrected chi connectivity index (χ2v) is 7.47. The number of carboxylic acid groups (broad SMARTS) is 1.